The van der Waals surface area contributed by atoms with E-state index in [4.69, 9.17) is 18.9 Å². The van der Waals surface area contributed by atoms with Crippen molar-refractivity contribution in [2.24, 2.45) is 0 Å². The highest BCUT2D eigenvalue weighted by Gasteiger charge is 2.51. The van der Waals surface area contributed by atoms with Gasteiger partial charge in [0.25, 0.3) is 0 Å². The van der Waals surface area contributed by atoms with Crippen LogP contribution in [0.4, 0.5) is 0 Å². The molecule has 0 bridgehead atoms. The van der Waals surface area contributed by atoms with E-state index in [0.29, 0.717) is 0 Å². The van der Waals surface area contributed by atoms with Crippen molar-refractivity contribution < 1.29 is 54.4 Å². The van der Waals surface area contributed by atoms with Gasteiger partial charge in [-0.15, -0.1) is 0 Å². The molecule has 158 valence electrons. The zero-order valence-electron chi connectivity index (χ0n) is 14.9. The number of methoxy groups -OCH3 is 1. The highest BCUT2D eigenvalue weighted by Crippen LogP contribution is 2.29. The standard InChI is InChI=1S/C15H27NO11/c1-5(19)16-8-10(21)13(7(4-18)26-14(8)24-2)27-15-12(23)11(22)9(20)6(3-17)25-15/h6-15,17-18,20-23H,3-4H2,1-2H3,(H,16,19)/t6?,7?,8-,9-,10?,11?,12-,13+,14+,15-/m0/s1. The molecule has 0 aromatic heterocycles. The lowest BCUT2D eigenvalue weighted by molar-refractivity contribution is -0.346. The van der Waals surface area contributed by atoms with Crippen molar-refractivity contribution >= 4 is 5.91 Å². The van der Waals surface area contributed by atoms with Crippen LogP contribution in [0.5, 0.6) is 0 Å². The van der Waals surface area contributed by atoms with Crippen LogP contribution < -0.4 is 5.32 Å². The summed E-state index contributed by atoms with van der Waals surface area (Å²) in [4.78, 5) is 11.4. The Labute approximate surface area is 155 Å². The lowest BCUT2D eigenvalue weighted by Gasteiger charge is -2.46. The molecule has 0 spiro atoms. The first-order valence-electron chi connectivity index (χ1n) is 8.45. The summed E-state index contributed by atoms with van der Waals surface area (Å²) < 4.78 is 21.3. The molecule has 2 saturated heterocycles. The van der Waals surface area contributed by atoms with E-state index in [9.17, 15) is 35.4 Å². The third kappa shape index (κ3) is 4.74. The van der Waals surface area contributed by atoms with E-state index in [-0.39, 0.29) is 0 Å². The van der Waals surface area contributed by atoms with Gasteiger partial charge >= 0.3 is 0 Å². The number of hydrogen-bond donors (Lipinski definition) is 7. The van der Waals surface area contributed by atoms with Gasteiger partial charge in [0.05, 0.1) is 13.2 Å². The van der Waals surface area contributed by atoms with Gasteiger partial charge in [0.2, 0.25) is 5.91 Å². The lowest BCUT2D eigenvalue weighted by atomic mass is 9.95. The van der Waals surface area contributed by atoms with Crippen molar-refractivity contribution in [2.75, 3.05) is 20.3 Å². The quantitative estimate of drug-likeness (QED) is 0.228. The van der Waals surface area contributed by atoms with Crippen LogP contribution in [0.15, 0.2) is 0 Å². The zero-order valence-corrected chi connectivity index (χ0v) is 14.9. The Morgan fingerprint density at radius 3 is 2.04 bits per heavy atom. The molecule has 7 N–H and O–H groups in total. The molecule has 2 heterocycles. The van der Waals surface area contributed by atoms with Gasteiger partial charge in [-0.3, -0.25) is 4.79 Å². The van der Waals surface area contributed by atoms with Crippen molar-refractivity contribution in [2.45, 2.75) is 68.3 Å². The van der Waals surface area contributed by atoms with Crippen molar-refractivity contribution in [3.05, 3.63) is 0 Å². The number of rotatable bonds is 6. The first-order valence-corrected chi connectivity index (χ1v) is 8.45. The third-order valence-electron chi connectivity index (χ3n) is 4.59. The molecular weight excluding hydrogens is 370 g/mol. The molecule has 2 rings (SSSR count). The predicted octanol–water partition coefficient (Wildman–Crippen LogP) is -4.60. The molecule has 27 heavy (non-hydrogen) atoms. The normalized spacial score (nSPS) is 45.5. The van der Waals surface area contributed by atoms with Gasteiger partial charge in [0.1, 0.15) is 48.8 Å². The average Bonchev–Trinajstić information content (AvgIpc) is 2.64. The maximum absolute atomic E-state index is 11.4. The minimum Gasteiger partial charge on any atom is -0.394 e. The van der Waals surface area contributed by atoms with Gasteiger partial charge in [-0.2, -0.15) is 0 Å². The van der Waals surface area contributed by atoms with Gasteiger partial charge in [-0.05, 0) is 0 Å². The Kier molecular flexibility index (Phi) is 7.88. The Bertz CT molecular complexity index is 492. The molecule has 4 unspecified atom stereocenters. The van der Waals surface area contributed by atoms with Gasteiger partial charge in [-0.1, -0.05) is 0 Å². The summed E-state index contributed by atoms with van der Waals surface area (Å²) in [6.07, 6.45) is -12.6. The summed E-state index contributed by atoms with van der Waals surface area (Å²) >= 11 is 0. The molecular formula is C15H27NO11. The van der Waals surface area contributed by atoms with Crippen LogP contribution in [0.3, 0.4) is 0 Å². The van der Waals surface area contributed by atoms with E-state index in [1.165, 1.54) is 14.0 Å². The van der Waals surface area contributed by atoms with Crippen LogP contribution in [0, 0.1) is 0 Å². The Hall–Kier alpha value is -0.930. The molecule has 2 aliphatic heterocycles. The number of ether oxygens (including phenoxy) is 4. The smallest absolute Gasteiger partial charge is 0.217 e. The van der Waals surface area contributed by atoms with Gasteiger partial charge in [0.15, 0.2) is 12.6 Å². The van der Waals surface area contributed by atoms with E-state index < -0.39 is 80.5 Å². The highest BCUT2D eigenvalue weighted by molar-refractivity contribution is 5.73. The molecule has 1 amide bonds. The van der Waals surface area contributed by atoms with Crippen molar-refractivity contribution in [1.82, 2.24) is 5.32 Å². The number of hydrogen-bond acceptors (Lipinski definition) is 11. The maximum Gasteiger partial charge on any atom is 0.217 e. The van der Waals surface area contributed by atoms with Crippen molar-refractivity contribution in [3.8, 4) is 0 Å². The van der Waals surface area contributed by atoms with Crippen molar-refractivity contribution in [3.63, 3.8) is 0 Å². The summed E-state index contributed by atoms with van der Waals surface area (Å²) in [5.74, 6) is -0.473. The SMILES string of the molecule is CO[C@@H]1OC(CO)[C@@H](O[C@@H]2OC(CO)[C@H](O)C(O)[C@@H]2O)C(O)[C@@H]1NC(C)=O. The van der Waals surface area contributed by atoms with Crippen LogP contribution in [-0.4, -0.2) is 118 Å². The minimum atomic E-state index is -1.70. The van der Waals surface area contributed by atoms with Gasteiger partial charge in [0, 0.05) is 14.0 Å². The second-order valence-electron chi connectivity index (χ2n) is 6.48. The fourth-order valence-electron chi connectivity index (χ4n) is 3.16. The van der Waals surface area contributed by atoms with Crippen LogP contribution in [0.1, 0.15) is 6.92 Å². The Balaban J connectivity index is 2.19. The van der Waals surface area contributed by atoms with Crippen LogP contribution in [-0.2, 0) is 23.7 Å². The lowest BCUT2D eigenvalue weighted by Crippen LogP contribution is -2.67. The summed E-state index contributed by atoms with van der Waals surface area (Å²) in [6.45, 7) is -0.0188. The number of carbonyl (C=O) groups excluding carboxylic acids is 1. The molecule has 12 heteroatoms. The number of nitrogens with one attached hydrogen (secondary N) is 1. The second-order valence-corrected chi connectivity index (χ2v) is 6.48. The Morgan fingerprint density at radius 2 is 1.52 bits per heavy atom. The fourth-order valence-corrected chi connectivity index (χ4v) is 3.16. The first kappa shape index (κ1) is 22.4. The number of amides is 1. The topological polar surface area (TPSA) is 187 Å². The zero-order chi connectivity index (χ0) is 20.3. The largest absolute Gasteiger partial charge is 0.394 e. The van der Waals surface area contributed by atoms with E-state index in [1.54, 1.807) is 0 Å². The minimum absolute atomic E-state index is 0.473. The Morgan fingerprint density at radius 1 is 0.926 bits per heavy atom. The molecule has 10 atom stereocenters. The van der Waals surface area contributed by atoms with Crippen molar-refractivity contribution in [1.29, 1.82) is 0 Å². The van der Waals surface area contributed by atoms with Gasteiger partial charge < -0.3 is 54.9 Å². The second kappa shape index (κ2) is 9.52. The molecule has 0 aromatic rings. The van der Waals surface area contributed by atoms with Crippen LogP contribution in [0.25, 0.3) is 0 Å². The molecule has 0 saturated carbocycles. The maximum atomic E-state index is 11.4. The molecule has 0 radical (unpaired) electrons. The third-order valence-corrected chi connectivity index (χ3v) is 4.59. The van der Waals surface area contributed by atoms with E-state index in [1.807, 2.05) is 0 Å². The molecule has 2 aliphatic rings. The molecule has 0 aromatic carbocycles. The fraction of sp³-hybridized carbons (Fsp3) is 0.933. The molecule has 0 aliphatic carbocycles. The average molecular weight is 397 g/mol. The predicted molar refractivity (Wildman–Crippen MR) is 85.0 cm³/mol. The number of aliphatic hydroxyl groups is 6. The van der Waals surface area contributed by atoms with Crippen LogP contribution in [0.2, 0.25) is 0 Å². The first-order chi connectivity index (χ1) is 12.7. The summed E-state index contributed by atoms with van der Waals surface area (Å²) in [5, 5.41) is 61.6. The van der Waals surface area contributed by atoms with Crippen LogP contribution >= 0.6 is 0 Å². The molecule has 12 nitrogen and oxygen atoms in total. The summed E-state index contributed by atoms with van der Waals surface area (Å²) in [6, 6.07) is -1.05. The van der Waals surface area contributed by atoms with Gasteiger partial charge in [-0.25, -0.2) is 0 Å². The van der Waals surface area contributed by atoms with E-state index in [2.05, 4.69) is 5.32 Å². The monoisotopic (exact) mass is 397 g/mol. The summed E-state index contributed by atoms with van der Waals surface area (Å²) in [7, 11) is 1.29. The highest BCUT2D eigenvalue weighted by atomic mass is 16.7. The van der Waals surface area contributed by atoms with E-state index >= 15 is 0 Å². The number of carbonyl (C=O) groups is 1. The summed E-state index contributed by atoms with van der Waals surface area (Å²) in [5.41, 5.74) is 0. The number of aliphatic hydroxyl groups excluding tert-OH is 6. The van der Waals surface area contributed by atoms with E-state index in [0.717, 1.165) is 0 Å². The molecule has 2 fully saturated rings.